The molecule has 2 rings (SSSR count). The smallest absolute Gasteiger partial charge is 0.227 e. The minimum Gasteiger partial charge on any atom is -0.389 e. The zero-order chi connectivity index (χ0) is 15.3. The summed E-state index contributed by atoms with van der Waals surface area (Å²) in [5, 5.41) is 13.4. The Morgan fingerprint density at radius 2 is 1.90 bits per heavy atom. The van der Waals surface area contributed by atoms with E-state index in [4.69, 9.17) is 4.74 Å². The predicted octanol–water partition coefficient (Wildman–Crippen LogP) is 3.38. The van der Waals surface area contributed by atoms with Crippen LogP contribution < -0.4 is 5.32 Å². The Balaban J connectivity index is 1.97. The fraction of sp³-hybridized carbons (Fsp3) is 0.588. The van der Waals surface area contributed by atoms with Gasteiger partial charge in [0.1, 0.15) is 0 Å². The number of carbonyl (C=O) groups is 1. The van der Waals surface area contributed by atoms with E-state index in [1.807, 2.05) is 32.0 Å². The SMILES string of the molecule is CCCC(O)(CCC)CC(=O)Nc1ccc2c(c1)COC2. The highest BCUT2D eigenvalue weighted by Gasteiger charge is 2.28. The average molecular weight is 291 g/mol. The molecule has 1 heterocycles. The molecular formula is C17H25NO3. The molecule has 1 amide bonds. The van der Waals surface area contributed by atoms with Gasteiger partial charge in [-0.25, -0.2) is 0 Å². The van der Waals surface area contributed by atoms with E-state index in [2.05, 4.69) is 5.32 Å². The summed E-state index contributed by atoms with van der Waals surface area (Å²) in [6.07, 6.45) is 3.22. The summed E-state index contributed by atoms with van der Waals surface area (Å²) in [5.41, 5.74) is 2.21. The minimum absolute atomic E-state index is 0.127. The number of anilines is 1. The Labute approximate surface area is 126 Å². The van der Waals surface area contributed by atoms with Crippen LogP contribution >= 0.6 is 0 Å². The van der Waals surface area contributed by atoms with Gasteiger partial charge in [0.05, 0.1) is 25.2 Å². The fourth-order valence-electron chi connectivity index (χ4n) is 2.99. The monoisotopic (exact) mass is 291 g/mol. The lowest BCUT2D eigenvalue weighted by molar-refractivity contribution is -0.121. The van der Waals surface area contributed by atoms with Crippen molar-refractivity contribution in [2.75, 3.05) is 5.32 Å². The maximum Gasteiger partial charge on any atom is 0.227 e. The Hall–Kier alpha value is -1.39. The molecule has 0 aromatic heterocycles. The quantitative estimate of drug-likeness (QED) is 0.809. The molecule has 0 atom stereocenters. The predicted molar refractivity (Wildman–Crippen MR) is 82.9 cm³/mol. The van der Waals surface area contributed by atoms with Crippen molar-refractivity contribution in [2.45, 2.75) is 64.8 Å². The van der Waals surface area contributed by atoms with E-state index >= 15 is 0 Å². The van der Waals surface area contributed by atoms with Crippen molar-refractivity contribution in [3.63, 3.8) is 0 Å². The summed E-state index contributed by atoms with van der Waals surface area (Å²) in [4.78, 5) is 12.2. The molecule has 4 heteroatoms. The maximum atomic E-state index is 12.2. The molecular weight excluding hydrogens is 266 g/mol. The van der Waals surface area contributed by atoms with Gasteiger partial charge < -0.3 is 15.2 Å². The van der Waals surface area contributed by atoms with Crippen LogP contribution in [0.5, 0.6) is 0 Å². The van der Waals surface area contributed by atoms with Crippen molar-refractivity contribution in [1.29, 1.82) is 0 Å². The van der Waals surface area contributed by atoms with Crippen molar-refractivity contribution in [1.82, 2.24) is 0 Å². The summed E-state index contributed by atoms with van der Waals surface area (Å²) in [5.74, 6) is -0.127. The Bertz CT molecular complexity index is 493. The van der Waals surface area contributed by atoms with Gasteiger partial charge in [-0.2, -0.15) is 0 Å². The van der Waals surface area contributed by atoms with E-state index in [0.717, 1.165) is 24.1 Å². The number of amides is 1. The van der Waals surface area contributed by atoms with Gasteiger partial charge in [-0.15, -0.1) is 0 Å². The molecule has 21 heavy (non-hydrogen) atoms. The van der Waals surface area contributed by atoms with Crippen molar-refractivity contribution in [2.24, 2.45) is 0 Å². The summed E-state index contributed by atoms with van der Waals surface area (Å²) in [6, 6.07) is 5.84. The third kappa shape index (κ3) is 4.29. The number of hydrogen-bond donors (Lipinski definition) is 2. The molecule has 1 aliphatic rings. The molecule has 0 saturated carbocycles. The highest BCUT2D eigenvalue weighted by molar-refractivity contribution is 5.91. The first-order valence-corrected chi connectivity index (χ1v) is 7.78. The van der Waals surface area contributed by atoms with Gasteiger partial charge in [0.15, 0.2) is 0 Å². The molecule has 0 aliphatic carbocycles. The van der Waals surface area contributed by atoms with E-state index in [-0.39, 0.29) is 12.3 Å². The second-order valence-corrected chi connectivity index (χ2v) is 5.93. The van der Waals surface area contributed by atoms with E-state index < -0.39 is 5.60 Å². The van der Waals surface area contributed by atoms with Crippen LogP contribution in [-0.4, -0.2) is 16.6 Å². The number of fused-ring (bicyclic) bond motifs is 1. The second-order valence-electron chi connectivity index (χ2n) is 5.93. The van der Waals surface area contributed by atoms with E-state index in [1.165, 1.54) is 5.56 Å². The molecule has 4 nitrogen and oxygen atoms in total. The molecule has 1 aromatic carbocycles. The summed E-state index contributed by atoms with van der Waals surface area (Å²) >= 11 is 0. The maximum absolute atomic E-state index is 12.2. The highest BCUT2D eigenvalue weighted by Crippen LogP contribution is 2.26. The fourth-order valence-corrected chi connectivity index (χ4v) is 2.99. The van der Waals surface area contributed by atoms with Crippen LogP contribution in [-0.2, 0) is 22.7 Å². The number of carbonyl (C=O) groups excluding carboxylic acids is 1. The zero-order valence-corrected chi connectivity index (χ0v) is 12.9. The third-order valence-electron chi connectivity index (χ3n) is 3.93. The van der Waals surface area contributed by atoms with Gasteiger partial charge in [-0.3, -0.25) is 4.79 Å². The number of nitrogens with one attached hydrogen (secondary N) is 1. The van der Waals surface area contributed by atoms with E-state index in [9.17, 15) is 9.90 Å². The Morgan fingerprint density at radius 3 is 2.57 bits per heavy atom. The van der Waals surface area contributed by atoms with Crippen LogP contribution in [0, 0.1) is 0 Å². The standard InChI is InChI=1S/C17H25NO3/c1-3-7-17(20,8-4-2)10-16(19)18-15-6-5-13-11-21-12-14(13)9-15/h5-6,9,20H,3-4,7-8,10-12H2,1-2H3,(H,18,19). The van der Waals surface area contributed by atoms with Gasteiger partial charge >= 0.3 is 0 Å². The van der Waals surface area contributed by atoms with Crippen LogP contribution in [0.2, 0.25) is 0 Å². The summed E-state index contributed by atoms with van der Waals surface area (Å²) in [6.45, 7) is 5.31. The molecule has 0 fully saturated rings. The number of ether oxygens (including phenoxy) is 1. The normalized spacial score (nSPS) is 14.0. The van der Waals surface area contributed by atoms with E-state index in [0.29, 0.717) is 26.1 Å². The lowest BCUT2D eigenvalue weighted by Crippen LogP contribution is -2.33. The molecule has 116 valence electrons. The van der Waals surface area contributed by atoms with Crippen LogP contribution in [0.1, 0.15) is 57.1 Å². The number of hydrogen-bond acceptors (Lipinski definition) is 3. The lowest BCUT2D eigenvalue weighted by Gasteiger charge is -2.26. The molecule has 0 radical (unpaired) electrons. The van der Waals surface area contributed by atoms with Crippen molar-refractivity contribution < 1.29 is 14.6 Å². The molecule has 1 aliphatic heterocycles. The van der Waals surface area contributed by atoms with Gasteiger partial charge in [-0.1, -0.05) is 32.8 Å². The van der Waals surface area contributed by atoms with Crippen molar-refractivity contribution in [3.05, 3.63) is 29.3 Å². The Kier molecular flexibility index (Phi) is 5.37. The van der Waals surface area contributed by atoms with Gasteiger partial charge in [-0.05, 0) is 36.1 Å². The first-order chi connectivity index (χ1) is 10.1. The lowest BCUT2D eigenvalue weighted by atomic mass is 9.89. The third-order valence-corrected chi connectivity index (χ3v) is 3.93. The average Bonchev–Trinajstić information content (AvgIpc) is 2.86. The topological polar surface area (TPSA) is 58.6 Å². The van der Waals surface area contributed by atoms with Crippen LogP contribution in [0.15, 0.2) is 18.2 Å². The number of benzene rings is 1. The van der Waals surface area contributed by atoms with Gasteiger partial charge in [0.2, 0.25) is 5.91 Å². The molecule has 0 unspecified atom stereocenters. The molecule has 1 aromatic rings. The van der Waals surface area contributed by atoms with E-state index in [1.54, 1.807) is 0 Å². The van der Waals surface area contributed by atoms with Crippen LogP contribution in [0.25, 0.3) is 0 Å². The minimum atomic E-state index is -0.882. The van der Waals surface area contributed by atoms with Crippen molar-refractivity contribution >= 4 is 11.6 Å². The highest BCUT2D eigenvalue weighted by atomic mass is 16.5. The second kappa shape index (κ2) is 7.05. The first kappa shape index (κ1) is 16.0. The summed E-state index contributed by atoms with van der Waals surface area (Å²) in [7, 11) is 0. The van der Waals surface area contributed by atoms with Crippen LogP contribution in [0.3, 0.4) is 0 Å². The Morgan fingerprint density at radius 1 is 1.24 bits per heavy atom. The van der Waals surface area contributed by atoms with Crippen molar-refractivity contribution in [3.8, 4) is 0 Å². The van der Waals surface area contributed by atoms with Crippen LogP contribution in [0.4, 0.5) is 5.69 Å². The largest absolute Gasteiger partial charge is 0.389 e. The zero-order valence-electron chi connectivity index (χ0n) is 12.9. The molecule has 0 spiro atoms. The molecule has 0 saturated heterocycles. The molecule has 0 bridgehead atoms. The van der Waals surface area contributed by atoms with Gasteiger partial charge in [0, 0.05) is 5.69 Å². The molecule has 2 N–H and O–H groups in total. The summed E-state index contributed by atoms with van der Waals surface area (Å²) < 4.78 is 5.37. The number of rotatable bonds is 7. The first-order valence-electron chi connectivity index (χ1n) is 7.78. The number of aliphatic hydroxyl groups is 1. The van der Waals surface area contributed by atoms with Gasteiger partial charge in [0.25, 0.3) is 0 Å².